The number of amides is 1. The molecule has 0 saturated heterocycles. The number of rotatable bonds is 5. The van der Waals surface area contributed by atoms with Gasteiger partial charge in [-0.25, -0.2) is 9.50 Å². The van der Waals surface area contributed by atoms with Crippen LogP contribution in [0, 0.1) is 0 Å². The van der Waals surface area contributed by atoms with Gasteiger partial charge >= 0.3 is 0 Å². The highest BCUT2D eigenvalue weighted by Gasteiger charge is 2.17. The van der Waals surface area contributed by atoms with Crippen LogP contribution >= 0.6 is 0 Å². The third kappa shape index (κ3) is 3.62. The van der Waals surface area contributed by atoms with Crippen LogP contribution in [0.3, 0.4) is 0 Å². The lowest BCUT2D eigenvalue weighted by atomic mass is 10.3. The summed E-state index contributed by atoms with van der Waals surface area (Å²) in [7, 11) is 0. The van der Waals surface area contributed by atoms with E-state index in [2.05, 4.69) is 20.4 Å². The van der Waals surface area contributed by atoms with Gasteiger partial charge in [-0.1, -0.05) is 18.2 Å². The summed E-state index contributed by atoms with van der Waals surface area (Å²) in [6, 6.07) is 16.5. The van der Waals surface area contributed by atoms with Gasteiger partial charge in [0.1, 0.15) is 5.75 Å². The van der Waals surface area contributed by atoms with Crippen molar-refractivity contribution in [2.75, 3.05) is 5.32 Å². The molecule has 0 spiro atoms. The maximum Gasteiger partial charge on any atom is 0.265 e. The second-order valence-corrected chi connectivity index (χ2v) is 5.93. The number of anilines is 1. The van der Waals surface area contributed by atoms with E-state index in [1.165, 1.54) is 0 Å². The van der Waals surface area contributed by atoms with Crippen LogP contribution in [-0.2, 0) is 4.79 Å². The van der Waals surface area contributed by atoms with E-state index < -0.39 is 6.10 Å². The molecule has 3 heterocycles. The highest BCUT2D eigenvalue weighted by molar-refractivity contribution is 5.97. The Balaban J connectivity index is 1.56. The monoisotopic (exact) mass is 359 g/mol. The summed E-state index contributed by atoms with van der Waals surface area (Å²) in [5, 5.41) is 7.31. The van der Waals surface area contributed by atoms with Crippen molar-refractivity contribution < 1.29 is 9.53 Å². The van der Waals surface area contributed by atoms with Gasteiger partial charge < -0.3 is 10.1 Å². The van der Waals surface area contributed by atoms with E-state index in [-0.39, 0.29) is 5.91 Å². The Morgan fingerprint density at radius 3 is 2.74 bits per heavy atom. The van der Waals surface area contributed by atoms with E-state index in [4.69, 9.17) is 4.74 Å². The smallest absolute Gasteiger partial charge is 0.265 e. The molecule has 7 nitrogen and oxygen atoms in total. The minimum Gasteiger partial charge on any atom is -0.481 e. The minimum atomic E-state index is -0.659. The Labute approximate surface area is 155 Å². The quantitative estimate of drug-likeness (QED) is 0.592. The molecular weight excluding hydrogens is 342 g/mol. The van der Waals surface area contributed by atoms with Crippen LogP contribution in [0.2, 0.25) is 0 Å². The summed E-state index contributed by atoms with van der Waals surface area (Å²) >= 11 is 0. The van der Waals surface area contributed by atoms with Crippen molar-refractivity contribution in [3.8, 4) is 17.1 Å². The van der Waals surface area contributed by atoms with E-state index in [1.54, 1.807) is 42.2 Å². The van der Waals surface area contributed by atoms with Crippen LogP contribution < -0.4 is 10.1 Å². The number of ether oxygens (including phenoxy) is 1. The molecule has 3 aromatic heterocycles. The highest BCUT2D eigenvalue weighted by atomic mass is 16.5. The average Bonchev–Trinajstić information content (AvgIpc) is 3.15. The Kier molecular flexibility index (Phi) is 4.49. The number of benzene rings is 1. The fraction of sp³-hybridized carbons (Fsp3) is 0.100. The van der Waals surface area contributed by atoms with Crippen molar-refractivity contribution in [3.05, 3.63) is 73.2 Å². The first-order valence-electron chi connectivity index (χ1n) is 8.49. The normalized spacial score (nSPS) is 11.9. The lowest BCUT2D eigenvalue weighted by Gasteiger charge is -2.14. The van der Waals surface area contributed by atoms with E-state index in [9.17, 15) is 4.79 Å². The number of para-hydroxylation sites is 1. The number of hydrogen-bond donors (Lipinski definition) is 1. The average molecular weight is 359 g/mol. The molecule has 27 heavy (non-hydrogen) atoms. The van der Waals surface area contributed by atoms with Crippen molar-refractivity contribution in [1.29, 1.82) is 0 Å². The molecule has 1 amide bonds. The summed E-state index contributed by atoms with van der Waals surface area (Å²) in [4.78, 5) is 21.2. The molecule has 0 unspecified atom stereocenters. The Morgan fingerprint density at radius 2 is 1.96 bits per heavy atom. The maximum atomic E-state index is 12.5. The van der Waals surface area contributed by atoms with Gasteiger partial charge in [-0.05, 0) is 43.3 Å². The molecule has 1 atom stereocenters. The van der Waals surface area contributed by atoms with E-state index in [0.717, 1.165) is 5.56 Å². The van der Waals surface area contributed by atoms with Crippen molar-refractivity contribution >= 4 is 17.2 Å². The van der Waals surface area contributed by atoms with Crippen LogP contribution in [0.1, 0.15) is 6.92 Å². The first kappa shape index (κ1) is 16.7. The summed E-state index contributed by atoms with van der Waals surface area (Å²) in [6.07, 6.45) is 4.51. The number of carbonyl (C=O) groups excluding carboxylic acids is 1. The molecule has 7 heteroatoms. The van der Waals surface area contributed by atoms with Gasteiger partial charge in [0.25, 0.3) is 5.91 Å². The molecule has 0 saturated carbocycles. The molecule has 0 radical (unpaired) electrons. The third-order valence-corrected chi connectivity index (χ3v) is 3.97. The molecule has 1 aromatic carbocycles. The van der Waals surface area contributed by atoms with Crippen molar-refractivity contribution in [1.82, 2.24) is 19.6 Å². The van der Waals surface area contributed by atoms with Crippen LogP contribution in [0.4, 0.5) is 5.69 Å². The van der Waals surface area contributed by atoms with Crippen LogP contribution in [0.25, 0.3) is 17.0 Å². The molecule has 4 aromatic rings. The molecular formula is C20H17N5O2. The summed E-state index contributed by atoms with van der Waals surface area (Å²) in [5.41, 5.74) is 1.92. The van der Waals surface area contributed by atoms with Gasteiger partial charge in [0.15, 0.2) is 17.6 Å². The molecule has 134 valence electrons. The fourth-order valence-corrected chi connectivity index (χ4v) is 2.61. The standard InChI is InChI=1S/C20H17N5O2/c1-14(27-16-8-3-2-4-9-16)20(26)22-17-10-6-12-25-19(17)23-18(24-25)15-7-5-11-21-13-15/h2-14H,1H3,(H,22,26)/t14-/m1/s1. The number of nitrogens with one attached hydrogen (secondary N) is 1. The van der Waals surface area contributed by atoms with Gasteiger partial charge in [0.05, 0.1) is 5.69 Å². The predicted octanol–water partition coefficient (Wildman–Crippen LogP) is 3.20. The summed E-state index contributed by atoms with van der Waals surface area (Å²) in [5.74, 6) is 0.913. The second kappa shape index (κ2) is 7.25. The molecule has 4 rings (SSSR count). The number of pyridine rings is 2. The largest absolute Gasteiger partial charge is 0.481 e. The maximum absolute atomic E-state index is 12.5. The van der Waals surface area contributed by atoms with Crippen LogP contribution in [0.15, 0.2) is 73.2 Å². The first-order valence-corrected chi connectivity index (χ1v) is 8.49. The molecule has 0 aliphatic heterocycles. The van der Waals surface area contributed by atoms with Crippen LogP contribution in [0.5, 0.6) is 5.75 Å². The van der Waals surface area contributed by atoms with E-state index >= 15 is 0 Å². The second-order valence-electron chi connectivity index (χ2n) is 5.93. The van der Waals surface area contributed by atoms with E-state index in [0.29, 0.717) is 22.9 Å². The number of fused-ring (bicyclic) bond motifs is 1. The topological polar surface area (TPSA) is 81.4 Å². The van der Waals surface area contributed by atoms with Crippen molar-refractivity contribution in [2.45, 2.75) is 13.0 Å². The Morgan fingerprint density at radius 1 is 1.11 bits per heavy atom. The van der Waals surface area contributed by atoms with Gasteiger partial charge in [-0.3, -0.25) is 9.78 Å². The molecule has 1 N–H and O–H groups in total. The van der Waals surface area contributed by atoms with Gasteiger partial charge in [-0.15, -0.1) is 5.10 Å². The fourth-order valence-electron chi connectivity index (χ4n) is 2.61. The minimum absolute atomic E-state index is 0.266. The zero-order chi connectivity index (χ0) is 18.6. The van der Waals surface area contributed by atoms with Gasteiger partial charge in [0, 0.05) is 24.2 Å². The van der Waals surface area contributed by atoms with Gasteiger partial charge in [-0.2, -0.15) is 0 Å². The number of hydrogen-bond acceptors (Lipinski definition) is 5. The number of aromatic nitrogens is 4. The number of carbonyl (C=O) groups is 1. The molecule has 0 bridgehead atoms. The lowest BCUT2D eigenvalue weighted by Crippen LogP contribution is -2.30. The predicted molar refractivity (Wildman–Crippen MR) is 101 cm³/mol. The SMILES string of the molecule is C[C@@H](Oc1ccccc1)C(=O)Nc1cccn2nc(-c3cccnc3)nc12. The molecule has 0 aliphatic carbocycles. The third-order valence-electron chi connectivity index (χ3n) is 3.97. The zero-order valence-electron chi connectivity index (χ0n) is 14.6. The van der Waals surface area contributed by atoms with E-state index in [1.807, 2.05) is 42.5 Å². The summed E-state index contributed by atoms with van der Waals surface area (Å²) < 4.78 is 7.30. The summed E-state index contributed by atoms with van der Waals surface area (Å²) in [6.45, 7) is 1.70. The Hall–Kier alpha value is -3.74. The molecule has 0 fully saturated rings. The highest BCUT2D eigenvalue weighted by Crippen LogP contribution is 2.20. The Bertz CT molecular complexity index is 1060. The first-order chi connectivity index (χ1) is 13.2. The van der Waals surface area contributed by atoms with Crippen molar-refractivity contribution in [3.63, 3.8) is 0 Å². The molecule has 0 aliphatic rings. The van der Waals surface area contributed by atoms with Crippen molar-refractivity contribution in [2.24, 2.45) is 0 Å². The zero-order valence-corrected chi connectivity index (χ0v) is 14.6. The van der Waals surface area contributed by atoms with Crippen LogP contribution in [-0.4, -0.2) is 31.6 Å². The van der Waals surface area contributed by atoms with Gasteiger partial charge in [0.2, 0.25) is 0 Å². The number of nitrogens with zero attached hydrogens (tertiary/aromatic N) is 4. The lowest BCUT2D eigenvalue weighted by molar-refractivity contribution is -0.122.